The number of carbonyl (C=O) groups excluding carboxylic acids is 1. The fourth-order valence-corrected chi connectivity index (χ4v) is 3.84. The third-order valence-electron chi connectivity index (χ3n) is 5.82. The Morgan fingerprint density at radius 3 is 2.38 bits per heavy atom. The molecule has 2 aromatic rings. The van der Waals surface area contributed by atoms with Crippen molar-refractivity contribution in [2.75, 3.05) is 27.3 Å². The molecule has 2 atom stereocenters. The van der Waals surface area contributed by atoms with Gasteiger partial charge in [-0.1, -0.05) is 44.2 Å². The van der Waals surface area contributed by atoms with Gasteiger partial charge in [0.15, 0.2) is 11.5 Å². The molecule has 5 heteroatoms. The van der Waals surface area contributed by atoms with E-state index in [2.05, 4.69) is 55.3 Å². The molecule has 0 fully saturated rings. The minimum atomic E-state index is -0.000128. The van der Waals surface area contributed by atoms with E-state index in [1.54, 1.807) is 14.2 Å². The van der Waals surface area contributed by atoms with Gasteiger partial charge in [-0.25, -0.2) is 0 Å². The first-order chi connectivity index (χ1) is 13.9. The van der Waals surface area contributed by atoms with Crippen molar-refractivity contribution < 1.29 is 14.3 Å². The first kappa shape index (κ1) is 21.2. The lowest BCUT2D eigenvalue weighted by Crippen LogP contribution is -2.46. The Balaban J connectivity index is 1.95. The van der Waals surface area contributed by atoms with Crippen molar-refractivity contribution in [2.24, 2.45) is 5.92 Å². The summed E-state index contributed by atoms with van der Waals surface area (Å²) in [6.07, 6.45) is 0.867. The predicted octanol–water partition coefficient (Wildman–Crippen LogP) is 3.81. The first-order valence-electron chi connectivity index (χ1n) is 10.3. The summed E-state index contributed by atoms with van der Waals surface area (Å²) in [6.45, 7) is 7.47. The molecule has 2 aromatic carbocycles. The van der Waals surface area contributed by atoms with Crippen LogP contribution in [0.15, 0.2) is 42.5 Å². The van der Waals surface area contributed by atoms with Gasteiger partial charge in [-0.15, -0.1) is 0 Å². The third-order valence-corrected chi connectivity index (χ3v) is 5.82. The van der Waals surface area contributed by atoms with Crippen LogP contribution in [0.25, 0.3) is 0 Å². The lowest BCUT2D eigenvalue weighted by atomic mass is 9.87. The molecule has 1 N–H and O–H groups in total. The molecule has 5 nitrogen and oxygen atoms in total. The van der Waals surface area contributed by atoms with E-state index in [0.29, 0.717) is 18.2 Å². The summed E-state index contributed by atoms with van der Waals surface area (Å²) < 4.78 is 11.1. The van der Waals surface area contributed by atoms with Crippen LogP contribution in [0.1, 0.15) is 43.5 Å². The molecule has 0 aromatic heterocycles. The van der Waals surface area contributed by atoms with E-state index in [9.17, 15) is 4.79 Å². The monoisotopic (exact) mass is 396 g/mol. The van der Waals surface area contributed by atoms with Gasteiger partial charge in [0, 0.05) is 12.6 Å². The highest BCUT2D eigenvalue weighted by Gasteiger charge is 2.31. The maximum absolute atomic E-state index is 12.7. The van der Waals surface area contributed by atoms with Crippen LogP contribution in [0.3, 0.4) is 0 Å². The highest BCUT2D eigenvalue weighted by Crippen LogP contribution is 2.40. The number of fused-ring (bicyclic) bond motifs is 1. The number of carbonyl (C=O) groups is 1. The summed E-state index contributed by atoms with van der Waals surface area (Å²) in [5.41, 5.74) is 3.58. The molecule has 156 valence electrons. The maximum Gasteiger partial charge on any atom is 0.234 e. The van der Waals surface area contributed by atoms with Crippen LogP contribution in [-0.4, -0.2) is 44.2 Å². The second-order valence-corrected chi connectivity index (χ2v) is 8.04. The van der Waals surface area contributed by atoms with Crippen LogP contribution < -0.4 is 14.8 Å². The standard InChI is InChI=1S/C24H32N2O3/c1-16(2)17(3)25-23(27)15-26-12-11-19-13-21(28-4)22(29-5)14-20(19)24(26)18-9-7-6-8-10-18/h6-10,13-14,16-17,24H,11-12,15H2,1-5H3,(H,25,27). The number of rotatable bonds is 7. The van der Waals surface area contributed by atoms with Crippen LogP contribution in [-0.2, 0) is 11.2 Å². The van der Waals surface area contributed by atoms with Gasteiger partial charge in [0.25, 0.3) is 0 Å². The number of nitrogens with one attached hydrogen (secondary N) is 1. The van der Waals surface area contributed by atoms with E-state index < -0.39 is 0 Å². The Hall–Kier alpha value is -2.53. The molecular formula is C24H32N2O3. The van der Waals surface area contributed by atoms with Crippen molar-refractivity contribution in [1.82, 2.24) is 10.2 Å². The van der Waals surface area contributed by atoms with Crippen LogP contribution in [0, 0.1) is 5.92 Å². The average Bonchev–Trinajstić information content (AvgIpc) is 2.72. The Kier molecular flexibility index (Phi) is 6.80. The van der Waals surface area contributed by atoms with E-state index in [-0.39, 0.29) is 18.0 Å². The molecule has 0 saturated carbocycles. The largest absolute Gasteiger partial charge is 0.493 e. The molecule has 2 unspecified atom stereocenters. The Morgan fingerprint density at radius 2 is 1.76 bits per heavy atom. The van der Waals surface area contributed by atoms with E-state index in [0.717, 1.165) is 18.7 Å². The lowest BCUT2D eigenvalue weighted by Gasteiger charge is -2.38. The van der Waals surface area contributed by atoms with Gasteiger partial charge < -0.3 is 14.8 Å². The summed E-state index contributed by atoms with van der Waals surface area (Å²) in [7, 11) is 3.32. The second kappa shape index (κ2) is 9.31. The lowest BCUT2D eigenvalue weighted by molar-refractivity contribution is -0.123. The number of hydrogen-bond acceptors (Lipinski definition) is 4. The minimum Gasteiger partial charge on any atom is -0.493 e. The molecule has 1 amide bonds. The van der Waals surface area contributed by atoms with Crippen LogP contribution in [0.4, 0.5) is 0 Å². The van der Waals surface area contributed by atoms with Gasteiger partial charge in [-0.05, 0) is 48.1 Å². The van der Waals surface area contributed by atoms with Gasteiger partial charge in [-0.3, -0.25) is 9.69 Å². The maximum atomic E-state index is 12.7. The molecular weight excluding hydrogens is 364 g/mol. The number of methoxy groups -OCH3 is 2. The summed E-state index contributed by atoms with van der Waals surface area (Å²) in [6, 6.07) is 14.6. The zero-order valence-electron chi connectivity index (χ0n) is 18.1. The van der Waals surface area contributed by atoms with E-state index in [1.807, 2.05) is 18.2 Å². The number of ether oxygens (including phenoxy) is 2. The van der Waals surface area contributed by atoms with Crippen molar-refractivity contribution in [1.29, 1.82) is 0 Å². The van der Waals surface area contributed by atoms with Crippen molar-refractivity contribution in [3.05, 3.63) is 59.2 Å². The van der Waals surface area contributed by atoms with E-state index in [4.69, 9.17) is 9.47 Å². The zero-order valence-corrected chi connectivity index (χ0v) is 18.1. The Bertz CT molecular complexity index is 836. The third kappa shape index (κ3) is 4.73. The van der Waals surface area contributed by atoms with Crippen LogP contribution >= 0.6 is 0 Å². The van der Waals surface area contributed by atoms with Gasteiger partial charge >= 0.3 is 0 Å². The van der Waals surface area contributed by atoms with Crippen molar-refractivity contribution in [2.45, 2.75) is 39.3 Å². The molecule has 0 radical (unpaired) electrons. The van der Waals surface area contributed by atoms with E-state index in [1.165, 1.54) is 16.7 Å². The Morgan fingerprint density at radius 1 is 1.10 bits per heavy atom. The molecule has 0 bridgehead atoms. The molecule has 1 aliphatic heterocycles. The molecule has 0 saturated heterocycles. The SMILES string of the molecule is COc1cc2c(cc1OC)C(c1ccccc1)N(CC(=O)NC(C)C(C)C)CC2. The van der Waals surface area contributed by atoms with Crippen molar-refractivity contribution in [3.8, 4) is 11.5 Å². The molecule has 1 heterocycles. The van der Waals surface area contributed by atoms with Crippen molar-refractivity contribution >= 4 is 5.91 Å². The molecule has 0 aliphatic carbocycles. The quantitative estimate of drug-likeness (QED) is 0.773. The van der Waals surface area contributed by atoms with Crippen LogP contribution in [0.2, 0.25) is 0 Å². The molecule has 3 rings (SSSR count). The molecule has 1 aliphatic rings. The van der Waals surface area contributed by atoms with Gasteiger partial charge in [0.1, 0.15) is 0 Å². The normalized spacial score (nSPS) is 17.5. The van der Waals surface area contributed by atoms with Gasteiger partial charge in [0.2, 0.25) is 5.91 Å². The number of hydrogen-bond donors (Lipinski definition) is 1. The fourth-order valence-electron chi connectivity index (χ4n) is 3.84. The highest BCUT2D eigenvalue weighted by atomic mass is 16.5. The summed E-state index contributed by atoms with van der Waals surface area (Å²) in [5.74, 6) is 1.93. The number of nitrogens with zero attached hydrogens (tertiary/aromatic N) is 1. The van der Waals surface area contributed by atoms with Crippen LogP contribution in [0.5, 0.6) is 11.5 Å². The second-order valence-electron chi connectivity index (χ2n) is 8.04. The van der Waals surface area contributed by atoms with Gasteiger partial charge in [0.05, 0.1) is 26.8 Å². The fraction of sp³-hybridized carbons (Fsp3) is 0.458. The summed E-state index contributed by atoms with van der Waals surface area (Å²) in [5, 5.41) is 3.14. The first-order valence-corrected chi connectivity index (χ1v) is 10.3. The van der Waals surface area contributed by atoms with Gasteiger partial charge in [-0.2, -0.15) is 0 Å². The molecule has 29 heavy (non-hydrogen) atoms. The highest BCUT2D eigenvalue weighted by molar-refractivity contribution is 5.78. The zero-order chi connectivity index (χ0) is 21.0. The smallest absolute Gasteiger partial charge is 0.234 e. The predicted molar refractivity (Wildman–Crippen MR) is 116 cm³/mol. The molecule has 0 spiro atoms. The number of amides is 1. The topological polar surface area (TPSA) is 50.8 Å². The summed E-state index contributed by atoms with van der Waals surface area (Å²) in [4.78, 5) is 15.0. The number of benzene rings is 2. The average molecular weight is 397 g/mol. The van der Waals surface area contributed by atoms with Crippen molar-refractivity contribution in [3.63, 3.8) is 0 Å². The summed E-state index contributed by atoms with van der Waals surface area (Å²) >= 11 is 0. The minimum absolute atomic E-state index is 0.000128. The Labute approximate surface area is 174 Å². The van der Waals surface area contributed by atoms with E-state index >= 15 is 0 Å².